The molecule has 2 atom stereocenters. The average molecular weight is 378 g/mol. The van der Waals surface area contributed by atoms with E-state index in [4.69, 9.17) is 4.98 Å². The van der Waals surface area contributed by atoms with Crippen LogP contribution in [0.25, 0.3) is 11.2 Å². The lowest BCUT2D eigenvalue weighted by Gasteiger charge is -2.29. The van der Waals surface area contributed by atoms with Gasteiger partial charge in [-0.3, -0.25) is 9.78 Å². The van der Waals surface area contributed by atoms with Gasteiger partial charge in [-0.2, -0.15) is 5.10 Å². The summed E-state index contributed by atoms with van der Waals surface area (Å²) in [6.07, 6.45) is 6.34. The Bertz CT molecular complexity index is 1120. The summed E-state index contributed by atoms with van der Waals surface area (Å²) in [5, 5.41) is 7.17. The van der Waals surface area contributed by atoms with E-state index in [1.807, 2.05) is 13.0 Å². The Labute approximate surface area is 160 Å². The van der Waals surface area contributed by atoms with Gasteiger partial charge in [0.05, 0.1) is 30.2 Å². The highest BCUT2D eigenvalue weighted by molar-refractivity contribution is 6.00. The molecule has 1 N–H and O–H groups in total. The van der Waals surface area contributed by atoms with Crippen molar-refractivity contribution in [1.29, 1.82) is 0 Å². The third-order valence-electron chi connectivity index (χ3n) is 5.56. The van der Waals surface area contributed by atoms with Crippen LogP contribution in [0.4, 0.5) is 10.2 Å². The van der Waals surface area contributed by atoms with Crippen molar-refractivity contribution in [1.82, 2.24) is 24.9 Å². The second-order valence-corrected chi connectivity index (χ2v) is 7.28. The molecule has 7 nitrogen and oxygen atoms in total. The van der Waals surface area contributed by atoms with Crippen LogP contribution in [0.5, 0.6) is 0 Å². The van der Waals surface area contributed by atoms with Gasteiger partial charge in [-0.05, 0) is 37.5 Å². The number of amides is 1. The van der Waals surface area contributed by atoms with Crippen LogP contribution in [0, 0.1) is 5.82 Å². The SMILES string of the molecule is C=C1c2ncc(F)cc2[C@H]2CCCN2c2ccn3ncc(c3n2)C(=O)N[C@@H]1C. The van der Waals surface area contributed by atoms with E-state index >= 15 is 0 Å². The second-order valence-electron chi connectivity index (χ2n) is 7.28. The number of anilines is 1. The van der Waals surface area contributed by atoms with Crippen molar-refractivity contribution in [2.75, 3.05) is 11.4 Å². The van der Waals surface area contributed by atoms with Crippen LogP contribution in [0.3, 0.4) is 0 Å². The monoisotopic (exact) mass is 378 g/mol. The van der Waals surface area contributed by atoms with Gasteiger partial charge in [0.1, 0.15) is 17.2 Å². The third kappa shape index (κ3) is 2.48. The molecule has 8 heteroatoms. The van der Waals surface area contributed by atoms with E-state index < -0.39 is 0 Å². The number of rotatable bonds is 0. The van der Waals surface area contributed by atoms with Crippen molar-refractivity contribution in [2.45, 2.75) is 31.8 Å². The minimum atomic E-state index is -0.385. The number of nitrogens with zero attached hydrogens (tertiary/aromatic N) is 5. The lowest BCUT2D eigenvalue weighted by atomic mass is 9.95. The Morgan fingerprint density at radius 1 is 1.36 bits per heavy atom. The molecule has 5 rings (SSSR count). The Morgan fingerprint density at radius 3 is 3.07 bits per heavy atom. The molecule has 0 aromatic carbocycles. The molecule has 0 spiro atoms. The van der Waals surface area contributed by atoms with Crippen molar-refractivity contribution >= 4 is 22.9 Å². The number of aromatic nitrogens is 4. The van der Waals surface area contributed by atoms with E-state index in [-0.39, 0.29) is 23.8 Å². The van der Waals surface area contributed by atoms with Gasteiger partial charge in [0.15, 0.2) is 5.65 Å². The normalized spacial score (nSPS) is 21.9. The average Bonchev–Trinajstić information content (AvgIpc) is 3.33. The number of fused-ring (bicyclic) bond motifs is 5. The molecule has 1 fully saturated rings. The summed E-state index contributed by atoms with van der Waals surface area (Å²) in [5.74, 6) is 0.0678. The molecular weight excluding hydrogens is 359 g/mol. The summed E-state index contributed by atoms with van der Waals surface area (Å²) in [5.41, 5.74) is 2.96. The summed E-state index contributed by atoms with van der Waals surface area (Å²) < 4.78 is 15.7. The van der Waals surface area contributed by atoms with E-state index in [0.29, 0.717) is 22.5 Å². The highest BCUT2D eigenvalue weighted by atomic mass is 19.1. The highest BCUT2D eigenvalue weighted by Crippen LogP contribution is 2.38. The first-order chi connectivity index (χ1) is 13.5. The van der Waals surface area contributed by atoms with Gasteiger partial charge >= 0.3 is 0 Å². The summed E-state index contributed by atoms with van der Waals surface area (Å²) in [7, 11) is 0. The van der Waals surface area contributed by atoms with Crippen LogP contribution in [-0.2, 0) is 0 Å². The number of carbonyl (C=O) groups excluding carboxylic acids is 1. The van der Waals surface area contributed by atoms with Crippen LogP contribution >= 0.6 is 0 Å². The fraction of sp³-hybridized carbons (Fsp3) is 0.300. The molecule has 2 aliphatic heterocycles. The van der Waals surface area contributed by atoms with E-state index in [1.165, 1.54) is 18.5 Å². The Morgan fingerprint density at radius 2 is 2.21 bits per heavy atom. The summed E-state index contributed by atoms with van der Waals surface area (Å²) >= 11 is 0. The molecule has 1 saturated heterocycles. The zero-order valence-electron chi connectivity index (χ0n) is 15.4. The van der Waals surface area contributed by atoms with Crippen LogP contribution in [0.15, 0.2) is 37.3 Å². The van der Waals surface area contributed by atoms with Gasteiger partial charge in [-0.25, -0.2) is 13.9 Å². The first-order valence-corrected chi connectivity index (χ1v) is 9.29. The number of nitrogens with one attached hydrogen (secondary N) is 1. The molecule has 5 heterocycles. The Balaban J connectivity index is 1.76. The van der Waals surface area contributed by atoms with Gasteiger partial charge in [0, 0.05) is 18.3 Å². The van der Waals surface area contributed by atoms with E-state index in [1.54, 1.807) is 10.7 Å². The van der Waals surface area contributed by atoms with E-state index in [2.05, 4.69) is 26.9 Å². The maximum absolute atomic E-state index is 14.1. The maximum Gasteiger partial charge on any atom is 0.257 e. The van der Waals surface area contributed by atoms with Crippen molar-refractivity contribution in [3.8, 4) is 0 Å². The molecule has 142 valence electrons. The topological polar surface area (TPSA) is 75.4 Å². The van der Waals surface area contributed by atoms with Crippen LogP contribution in [-0.4, -0.2) is 38.1 Å². The lowest BCUT2D eigenvalue weighted by molar-refractivity contribution is 0.0949. The minimum Gasteiger partial charge on any atom is -0.349 e. The quantitative estimate of drug-likeness (QED) is 0.651. The van der Waals surface area contributed by atoms with E-state index in [0.717, 1.165) is 30.8 Å². The first-order valence-electron chi connectivity index (χ1n) is 9.29. The number of halogens is 1. The number of hydrogen-bond acceptors (Lipinski definition) is 5. The number of hydrogen-bond donors (Lipinski definition) is 1. The Hall–Kier alpha value is -3.29. The molecule has 0 unspecified atom stereocenters. The van der Waals surface area contributed by atoms with Crippen molar-refractivity contribution < 1.29 is 9.18 Å². The Kier molecular flexibility index (Phi) is 3.68. The molecule has 28 heavy (non-hydrogen) atoms. The second kappa shape index (κ2) is 6.12. The molecule has 0 saturated carbocycles. The largest absolute Gasteiger partial charge is 0.349 e. The molecule has 2 aliphatic rings. The van der Waals surface area contributed by atoms with Gasteiger partial charge in [0.2, 0.25) is 0 Å². The van der Waals surface area contributed by atoms with Gasteiger partial charge in [0.25, 0.3) is 5.91 Å². The molecule has 3 aromatic heterocycles. The molecule has 0 radical (unpaired) electrons. The third-order valence-corrected chi connectivity index (χ3v) is 5.56. The fourth-order valence-electron chi connectivity index (χ4n) is 4.09. The minimum absolute atomic E-state index is 0.0569. The standard InChI is InChI=1S/C20H19FN6O/c1-11-12(2)24-20(28)15-10-23-27-7-5-17(25-19(15)27)26-6-3-4-16(26)14-8-13(21)9-22-18(11)14/h5,7-10,12,16H,1,3-4,6H2,2H3,(H,24,28)/t12-,16-/m1/s1. The zero-order valence-corrected chi connectivity index (χ0v) is 15.4. The maximum atomic E-state index is 14.1. The smallest absolute Gasteiger partial charge is 0.257 e. The van der Waals surface area contributed by atoms with Crippen molar-refractivity contribution in [2.24, 2.45) is 0 Å². The van der Waals surface area contributed by atoms with Crippen LogP contribution in [0.1, 0.15) is 47.4 Å². The van der Waals surface area contributed by atoms with Gasteiger partial charge in [-0.1, -0.05) is 6.58 Å². The van der Waals surface area contributed by atoms with E-state index in [9.17, 15) is 9.18 Å². The molecular formula is C20H19FN6O. The molecule has 1 amide bonds. The van der Waals surface area contributed by atoms with Crippen LogP contribution in [0.2, 0.25) is 0 Å². The predicted octanol–water partition coefficient (Wildman–Crippen LogP) is 2.75. The molecule has 2 bridgehead atoms. The zero-order chi connectivity index (χ0) is 19.4. The molecule has 3 aromatic rings. The first kappa shape index (κ1) is 16.9. The number of carbonyl (C=O) groups is 1. The summed E-state index contributed by atoms with van der Waals surface area (Å²) in [6, 6.07) is 2.96. The van der Waals surface area contributed by atoms with Gasteiger partial charge < -0.3 is 10.2 Å². The fourth-order valence-corrected chi connectivity index (χ4v) is 4.09. The van der Waals surface area contributed by atoms with Crippen molar-refractivity contribution in [3.63, 3.8) is 0 Å². The predicted molar refractivity (Wildman–Crippen MR) is 102 cm³/mol. The highest BCUT2D eigenvalue weighted by Gasteiger charge is 2.32. The summed E-state index contributed by atoms with van der Waals surface area (Å²) in [4.78, 5) is 24.0. The van der Waals surface area contributed by atoms with Crippen LogP contribution < -0.4 is 10.2 Å². The molecule has 0 aliphatic carbocycles. The number of pyridine rings is 1. The lowest BCUT2D eigenvalue weighted by Crippen LogP contribution is -2.34. The van der Waals surface area contributed by atoms with Gasteiger partial charge in [-0.15, -0.1) is 0 Å². The summed E-state index contributed by atoms with van der Waals surface area (Å²) in [6.45, 7) is 6.79. The van der Waals surface area contributed by atoms with Crippen molar-refractivity contribution in [3.05, 3.63) is 59.9 Å².